The van der Waals surface area contributed by atoms with Crippen molar-refractivity contribution in [1.82, 2.24) is 9.97 Å². The van der Waals surface area contributed by atoms with E-state index < -0.39 is 5.97 Å². The number of carboxylic acids is 1. The van der Waals surface area contributed by atoms with E-state index in [1.165, 1.54) is 6.33 Å². The first kappa shape index (κ1) is 13.2. The number of anilines is 2. The predicted octanol–water partition coefficient (Wildman–Crippen LogP) is 1.21. The van der Waals surface area contributed by atoms with Crippen LogP contribution in [0.2, 0.25) is 0 Å². The molecule has 0 amide bonds. The number of likely N-dealkylation sites (N-methyl/N-ethyl adjacent to an activating group) is 1. The molecule has 1 atom stereocenters. The molecule has 1 aromatic heterocycles. The third-order valence-corrected chi connectivity index (χ3v) is 2.42. The second kappa shape index (κ2) is 6.03. The second-order valence-corrected chi connectivity index (χ2v) is 3.96. The van der Waals surface area contributed by atoms with Crippen LogP contribution in [0.5, 0.6) is 0 Å². The molecular weight excluding hydrogens is 220 g/mol. The summed E-state index contributed by atoms with van der Waals surface area (Å²) in [7, 11) is 1.68. The van der Waals surface area contributed by atoms with Crippen molar-refractivity contribution < 1.29 is 9.90 Å². The van der Waals surface area contributed by atoms with Crippen molar-refractivity contribution in [2.75, 3.05) is 23.8 Å². The Morgan fingerprint density at radius 1 is 1.59 bits per heavy atom. The molecule has 0 aliphatic carbocycles. The average Bonchev–Trinajstić information content (AvgIpc) is 2.28. The quantitative estimate of drug-likeness (QED) is 0.775. The monoisotopic (exact) mass is 238 g/mol. The normalized spacial score (nSPS) is 11.9. The maximum Gasteiger partial charge on any atom is 0.323 e. The van der Waals surface area contributed by atoms with E-state index in [4.69, 9.17) is 5.11 Å². The number of carbonyl (C=O) groups is 1. The zero-order valence-electron chi connectivity index (χ0n) is 10.3. The maximum absolute atomic E-state index is 10.6. The van der Waals surface area contributed by atoms with Crippen molar-refractivity contribution in [1.29, 1.82) is 0 Å². The molecule has 0 aliphatic rings. The smallest absolute Gasteiger partial charge is 0.323 e. The molecule has 1 aromatic rings. The molecule has 6 heteroatoms. The Labute approximate surface area is 101 Å². The van der Waals surface area contributed by atoms with Gasteiger partial charge in [0.05, 0.1) is 0 Å². The molecule has 1 rings (SSSR count). The SMILES string of the molecule is CCC(C)Nc1cc(N(C)CC(=O)O)ncn1. The van der Waals surface area contributed by atoms with Crippen LogP contribution in [0.15, 0.2) is 12.4 Å². The summed E-state index contributed by atoms with van der Waals surface area (Å²) in [6.07, 6.45) is 2.42. The number of rotatable bonds is 6. The minimum absolute atomic E-state index is 0.0835. The summed E-state index contributed by atoms with van der Waals surface area (Å²) in [5.74, 6) is 0.414. The van der Waals surface area contributed by atoms with Gasteiger partial charge in [-0.1, -0.05) is 6.92 Å². The van der Waals surface area contributed by atoms with Gasteiger partial charge in [-0.2, -0.15) is 0 Å². The molecule has 0 aromatic carbocycles. The summed E-state index contributed by atoms with van der Waals surface area (Å²) in [6, 6.07) is 2.07. The Bertz CT molecular complexity index is 383. The minimum atomic E-state index is -0.887. The molecule has 0 bridgehead atoms. The average molecular weight is 238 g/mol. The minimum Gasteiger partial charge on any atom is -0.480 e. The third-order valence-electron chi connectivity index (χ3n) is 2.42. The molecule has 6 nitrogen and oxygen atoms in total. The van der Waals surface area contributed by atoms with E-state index in [0.717, 1.165) is 6.42 Å². The van der Waals surface area contributed by atoms with Crippen LogP contribution in [-0.4, -0.2) is 40.7 Å². The molecule has 0 aliphatic heterocycles. The zero-order valence-corrected chi connectivity index (χ0v) is 10.3. The van der Waals surface area contributed by atoms with Crippen LogP contribution in [0.1, 0.15) is 20.3 Å². The Kier molecular flexibility index (Phi) is 4.68. The fourth-order valence-corrected chi connectivity index (χ4v) is 1.27. The van der Waals surface area contributed by atoms with E-state index in [1.54, 1.807) is 18.0 Å². The topological polar surface area (TPSA) is 78.4 Å². The van der Waals surface area contributed by atoms with Gasteiger partial charge in [-0.25, -0.2) is 9.97 Å². The van der Waals surface area contributed by atoms with Gasteiger partial charge in [0.2, 0.25) is 0 Å². The maximum atomic E-state index is 10.6. The fourth-order valence-electron chi connectivity index (χ4n) is 1.27. The highest BCUT2D eigenvalue weighted by atomic mass is 16.4. The molecule has 0 radical (unpaired) electrons. The number of hydrogen-bond donors (Lipinski definition) is 2. The van der Waals surface area contributed by atoms with Gasteiger partial charge in [0.1, 0.15) is 24.5 Å². The number of nitrogens with one attached hydrogen (secondary N) is 1. The fraction of sp³-hybridized carbons (Fsp3) is 0.545. The summed E-state index contributed by atoms with van der Waals surface area (Å²) >= 11 is 0. The summed E-state index contributed by atoms with van der Waals surface area (Å²) in [6.45, 7) is 4.05. The summed E-state index contributed by atoms with van der Waals surface area (Å²) in [4.78, 5) is 20.3. The standard InChI is InChI=1S/C11H18N4O2/c1-4-8(2)14-9-5-10(13-7-12-9)15(3)6-11(16)17/h5,7-8H,4,6H2,1-3H3,(H,16,17)(H,12,13,14). The van der Waals surface area contributed by atoms with Crippen LogP contribution in [0.4, 0.5) is 11.6 Å². The molecule has 0 fully saturated rings. The molecule has 0 saturated heterocycles. The summed E-state index contributed by atoms with van der Waals surface area (Å²) in [5.41, 5.74) is 0. The van der Waals surface area contributed by atoms with E-state index >= 15 is 0 Å². The number of nitrogens with zero attached hydrogens (tertiary/aromatic N) is 3. The van der Waals surface area contributed by atoms with Crippen molar-refractivity contribution >= 4 is 17.6 Å². The Balaban J connectivity index is 2.74. The van der Waals surface area contributed by atoms with Gasteiger partial charge in [0.15, 0.2) is 0 Å². The largest absolute Gasteiger partial charge is 0.480 e. The van der Waals surface area contributed by atoms with Crippen LogP contribution in [0.3, 0.4) is 0 Å². The molecular formula is C11H18N4O2. The van der Waals surface area contributed by atoms with Crippen LogP contribution < -0.4 is 10.2 Å². The lowest BCUT2D eigenvalue weighted by Gasteiger charge is -2.17. The lowest BCUT2D eigenvalue weighted by molar-refractivity contribution is -0.135. The van der Waals surface area contributed by atoms with Gasteiger partial charge in [-0.05, 0) is 13.3 Å². The van der Waals surface area contributed by atoms with Crippen LogP contribution in [-0.2, 0) is 4.79 Å². The highest BCUT2D eigenvalue weighted by molar-refractivity contribution is 5.73. The van der Waals surface area contributed by atoms with Gasteiger partial charge in [0.25, 0.3) is 0 Å². The number of carboxylic acid groups (broad SMARTS) is 1. The van der Waals surface area contributed by atoms with Crippen molar-refractivity contribution in [2.24, 2.45) is 0 Å². The van der Waals surface area contributed by atoms with E-state index in [2.05, 4.69) is 29.1 Å². The third kappa shape index (κ3) is 4.26. The van der Waals surface area contributed by atoms with Crippen molar-refractivity contribution in [3.63, 3.8) is 0 Å². The first-order valence-corrected chi connectivity index (χ1v) is 5.54. The summed E-state index contributed by atoms with van der Waals surface area (Å²) < 4.78 is 0. The molecule has 94 valence electrons. The first-order chi connectivity index (χ1) is 8.02. The molecule has 2 N–H and O–H groups in total. The number of aliphatic carboxylic acids is 1. The van der Waals surface area contributed by atoms with E-state index in [0.29, 0.717) is 17.7 Å². The zero-order chi connectivity index (χ0) is 12.8. The molecule has 1 heterocycles. The van der Waals surface area contributed by atoms with E-state index in [1.807, 2.05) is 0 Å². The van der Waals surface area contributed by atoms with E-state index in [-0.39, 0.29) is 6.54 Å². The summed E-state index contributed by atoms with van der Waals surface area (Å²) in [5, 5.41) is 11.9. The highest BCUT2D eigenvalue weighted by Crippen LogP contribution is 2.13. The van der Waals surface area contributed by atoms with E-state index in [9.17, 15) is 4.79 Å². The van der Waals surface area contributed by atoms with Crippen molar-refractivity contribution in [2.45, 2.75) is 26.3 Å². The van der Waals surface area contributed by atoms with Crippen molar-refractivity contribution in [3.05, 3.63) is 12.4 Å². The molecule has 17 heavy (non-hydrogen) atoms. The molecule has 0 spiro atoms. The Morgan fingerprint density at radius 2 is 2.29 bits per heavy atom. The Hall–Kier alpha value is -1.85. The van der Waals surface area contributed by atoms with Crippen LogP contribution in [0, 0.1) is 0 Å². The Morgan fingerprint density at radius 3 is 2.88 bits per heavy atom. The second-order valence-electron chi connectivity index (χ2n) is 3.96. The molecule has 0 saturated carbocycles. The first-order valence-electron chi connectivity index (χ1n) is 5.54. The molecule has 1 unspecified atom stereocenters. The van der Waals surface area contributed by atoms with Gasteiger partial charge in [-0.15, -0.1) is 0 Å². The van der Waals surface area contributed by atoms with Crippen LogP contribution in [0.25, 0.3) is 0 Å². The lowest BCUT2D eigenvalue weighted by Crippen LogP contribution is -2.26. The highest BCUT2D eigenvalue weighted by Gasteiger charge is 2.08. The van der Waals surface area contributed by atoms with Gasteiger partial charge >= 0.3 is 5.97 Å². The van der Waals surface area contributed by atoms with Crippen molar-refractivity contribution in [3.8, 4) is 0 Å². The van der Waals surface area contributed by atoms with Crippen LogP contribution >= 0.6 is 0 Å². The van der Waals surface area contributed by atoms with Gasteiger partial charge in [-0.3, -0.25) is 4.79 Å². The van der Waals surface area contributed by atoms with Gasteiger partial charge < -0.3 is 15.3 Å². The van der Waals surface area contributed by atoms with Gasteiger partial charge in [0, 0.05) is 19.2 Å². The number of hydrogen-bond acceptors (Lipinski definition) is 5. The lowest BCUT2D eigenvalue weighted by atomic mass is 10.2. The number of aromatic nitrogens is 2. The predicted molar refractivity (Wildman–Crippen MR) is 66.3 cm³/mol.